The Morgan fingerprint density at radius 2 is 2.20 bits per heavy atom. The molecule has 20 heavy (non-hydrogen) atoms. The highest BCUT2D eigenvalue weighted by Crippen LogP contribution is 2.23. The van der Waals surface area contributed by atoms with E-state index in [9.17, 15) is 8.42 Å². The zero-order valence-corrected chi connectivity index (χ0v) is 13.1. The maximum Gasteiger partial charge on any atom is 0.241 e. The highest BCUT2D eigenvalue weighted by Gasteiger charge is 2.17. The molecule has 0 fully saturated rings. The summed E-state index contributed by atoms with van der Waals surface area (Å²) >= 11 is 3.20. The Hall–Kier alpha value is -1.45. The number of nitrogens with one attached hydrogen (secondary N) is 1. The summed E-state index contributed by atoms with van der Waals surface area (Å²) in [6.45, 7) is 0.242. The van der Waals surface area contributed by atoms with E-state index in [0.717, 1.165) is 0 Å². The molecule has 0 atom stereocenters. The van der Waals surface area contributed by atoms with Crippen molar-refractivity contribution in [2.75, 3.05) is 12.3 Å². The van der Waals surface area contributed by atoms with E-state index in [1.807, 2.05) is 0 Å². The third kappa shape index (κ3) is 3.35. The maximum absolute atomic E-state index is 12.2. The molecule has 1 aromatic heterocycles. The summed E-state index contributed by atoms with van der Waals surface area (Å²) < 4.78 is 29.0. The second-order valence-corrected chi connectivity index (χ2v) is 6.79. The van der Waals surface area contributed by atoms with Crippen LogP contribution in [0.15, 0.2) is 33.9 Å². The molecule has 0 bridgehead atoms. The summed E-state index contributed by atoms with van der Waals surface area (Å²) in [5.74, 6) is 0.712. The van der Waals surface area contributed by atoms with Crippen molar-refractivity contribution in [3.63, 3.8) is 0 Å². The Kier molecular flexibility index (Phi) is 4.41. The summed E-state index contributed by atoms with van der Waals surface area (Å²) in [4.78, 5) is 0.157. The van der Waals surface area contributed by atoms with E-state index in [4.69, 9.17) is 5.73 Å². The summed E-state index contributed by atoms with van der Waals surface area (Å²) in [7, 11) is -1.78. The molecule has 1 aromatic carbocycles. The number of halogens is 1. The lowest BCUT2D eigenvalue weighted by Crippen LogP contribution is -2.27. The summed E-state index contributed by atoms with van der Waals surface area (Å²) in [5.41, 5.74) is 6.08. The molecule has 1 heterocycles. The molecule has 0 saturated carbocycles. The fourth-order valence-electron chi connectivity index (χ4n) is 1.64. The van der Waals surface area contributed by atoms with Crippen molar-refractivity contribution < 1.29 is 8.42 Å². The van der Waals surface area contributed by atoms with Gasteiger partial charge in [0, 0.05) is 30.2 Å². The van der Waals surface area contributed by atoms with Crippen LogP contribution in [0.25, 0.3) is 0 Å². The quantitative estimate of drug-likeness (QED) is 0.764. The van der Waals surface area contributed by atoms with Gasteiger partial charge in [-0.05, 0) is 34.1 Å². The predicted molar refractivity (Wildman–Crippen MR) is 78.4 cm³/mol. The number of benzene rings is 1. The minimum Gasteiger partial charge on any atom is -0.399 e. The Morgan fingerprint density at radius 1 is 1.45 bits per heavy atom. The highest BCUT2D eigenvalue weighted by molar-refractivity contribution is 9.10. The SMILES string of the molecule is Cn1cnnc1CCNS(=O)(=O)c1ccc(N)cc1Br. The standard InChI is InChI=1S/C11H14BrN5O2S/c1-17-7-14-16-11(17)4-5-15-20(18,19)10-3-2-8(13)6-9(10)12/h2-3,6-7,15H,4-5,13H2,1H3. The van der Waals surface area contributed by atoms with Crippen LogP contribution in [0.4, 0.5) is 5.69 Å². The largest absolute Gasteiger partial charge is 0.399 e. The van der Waals surface area contributed by atoms with Gasteiger partial charge in [0.25, 0.3) is 0 Å². The molecular weight excluding hydrogens is 346 g/mol. The monoisotopic (exact) mass is 359 g/mol. The average molecular weight is 360 g/mol. The van der Waals surface area contributed by atoms with Crippen LogP contribution in [0.1, 0.15) is 5.82 Å². The van der Waals surface area contributed by atoms with Gasteiger partial charge in [-0.2, -0.15) is 0 Å². The number of aryl methyl sites for hydroxylation is 1. The number of rotatable bonds is 5. The molecule has 0 aliphatic rings. The van der Waals surface area contributed by atoms with Crippen LogP contribution in [-0.2, 0) is 23.5 Å². The molecule has 2 aromatic rings. The summed E-state index contributed by atoms with van der Waals surface area (Å²) in [6.07, 6.45) is 2.03. The molecule has 0 saturated heterocycles. The Balaban J connectivity index is 2.06. The molecule has 7 nitrogen and oxygen atoms in total. The molecule has 0 radical (unpaired) electrons. The van der Waals surface area contributed by atoms with Gasteiger partial charge in [0.2, 0.25) is 10.0 Å². The van der Waals surface area contributed by atoms with Crippen LogP contribution in [0.5, 0.6) is 0 Å². The topological polar surface area (TPSA) is 103 Å². The van der Waals surface area contributed by atoms with E-state index in [-0.39, 0.29) is 11.4 Å². The van der Waals surface area contributed by atoms with E-state index >= 15 is 0 Å². The zero-order chi connectivity index (χ0) is 14.8. The van der Waals surface area contributed by atoms with Crippen molar-refractivity contribution in [1.29, 1.82) is 0 Å². The Labute approximate surface area is 125 Å². The van der Waals surface area contributed by atoms with Crippen molar-refractivity contribution in [2.45, 2.75) is 11.3 Å². The molecular formula is C11H14BrN5O2S. The molecule has 3 N–H and O–H groups in total. The Bertz CT molecular complexity index is 713. The maximum atomic E-state index is 12.2. The molecule has 0 spiro atoms. The second kappa shape index (κ2) is 5.90. The molecule has 0 amide bonds. The van der Waals surface area contributed by atoms with E-state index in [1.54, 1.807) is 30.1 Å². The number of hydrogen-bond acceptors (Lipinski definition) is 5. The average Bonchev–Trinajstić information content (AvgIpc) is 2.74. The van der Waals surface area contributed by atoms with Gasteiger partial charge in [-0.25, -0.2) is 13.1 Å². The highest BCUT2D eigenvalue weighted by atomic mass is 79.9. The molecule has 9 heteroatoms. The zero-order valence-electron chi connectivity index (χ0n) is 10.7. The van der Waals surface area contributed by atoms with Gasteiger partial charge >= 0.3 is 0 Å². The van der Waals surface area contributed by atoms with Crippen LogP contribution in [-0.4, -0.2) is 29.7 Å². The molecule has 0 aliphatic carbocycles. The lowest BCUT2D eigenvalue weighted by molar-refractivity contribution is 0.579. The van der Waals surface area contributed by atoms with Crippen molar-refractivity contribution in [1.82, 2.24) is 19.5 Å². The van der Waals surface area contributed by atoms with Crippen molar-refractivity contribution in [3.8, 4) is 0 Å². The fourth-order valence-corrected chi connectivity index (χ4v) is 3.77. The van der Waals surface area contributed by atoms with Gasteiger partial charge in [-0.1, -0.05) is 0 Å². The van der Waals surface area contributed by atoms with E-state index in [1.165, 1.54) is 6.07 Å². The lowest BCUT2D eigenvalue weighted by Gasteiger charge is -2.08. The third-order valence-electron chi connectivity index (χ3n) is 2.69. The van der Waals surface area contributed by atoms with Gasteiger partial charge in [0.05, 0.1) is 4.90 Å². The lowest BCUT2D eigenvalue weighted by atomic mass is 10.3. The fraction of sp³-hybridized carbons (Fsp3) is 0.273. The van der Waals surface area contributed by atoms with E-state index < -0.39 is 10.0 Å². The number of nitrogen functional groups attached to an aromatic ring is 1. The van der Waals surface area contributed by atoms with Crippen molar-refractivity contribution in [2.24, 2.45) is 7.05 Å². The first-order valence-electron chi connectivity index (χ1n) is 5.78. The number of nitrogens with two attached hydrogens (primary N) is 1. The normalized spacial score (nSPS) is 11.7. The van der Waals surface area contributed by atoms with Crippen molar-refractivity contribution in [3.05, 3.63) is 34.8 Å². The summed E-state index contributed by atoms with van der Waals surface area (Å²) in [6, 6.07) is 4.56. The number of anilines is 1. The first kappa shape index (κ1) is 14.9. The van der Waals surface area contributed by atoms with Gasteiger partial charge in [0.1, 0.15) is 12.2 Å². The van der Waals surface area contributed by atoms with Crippen molar-refractivity contribution >= 4 is 31.6 Å². The van der Waals surface area contributed by atoms with Gasteiger partial charge < -0.3 is 10.3 Å². The van der Waals surface area contributed by atoms with Crippen LogP contribution in [0.2, 0.25) is 0 Å². The first-order chi connectivity index (χ1) is 9.40. The van der Waals surface area contributed by atoms with Gasteiger partial charge in [-0.15, -0.1) is 10.2 Å². The molecule has 2 rings (SSSR count). The summed E-state index contributed by atoms with van der Waals surface area (Å²) in [5, 5.41) is 7.62. The predicted octanol–water partition coefficient (Wildman–Crippen LogP) is 0.681. The van der Waals surface area contributed by atoms with E-state index in [0.29, 0.717) is 22.4 Å². The second-order valence-electron chi connectivity index (χ2n) is 4.20. The smallest absolute Gasteiger partial charge is 0.241 e. The minimum atomic E-state index is -3.58. The number of sulfonamides is 1. The molecule has 0 aliphatic heterocycles. The van der Waals surface area contributed by atoms with Gasteiger partial charge in [-0.3, -0.25) is 0 Å². The van der Waals surface area contributed by atoms with E-state index in [2.05, 4.69) is 30.8 Å². The van der Waals surface area contributed by atoms with Crippen LogP contribution < -0.4 is 10.5 Å². The van der Waals surface area contributed by atoms with Crippen LogP contribution in [0.3, 0.4) is 0 Å². The third-order valence-corrected chi connectivity index (χ3v) is 5.13. The van der Waals surface area contributed by atoms with Gasteiger partial charge in [0.15, 0.2) is 0 Å². The Morgan fingerprint density at radius 3 is 2.80 bits per heavy atom. The van der Waals surface area contributed by atoms with Crippen LogP contribution in [0, 0.1) is 0 Å². The number of hydrogen-bond donors (Lipinski definition) is 2. The minimum absolute atomic E-state index is 0.157. The number of aromatic nitrogens is 3. The van der Waals surface area contributed by atoms with Crippen LogP contribution >= 0.6 is 15.9 Å². The number of nitrogens with zero attached hydrogens (tertiary/aromatic N) is 3. The molecule has 0 unspecified atom stereocenters. The first-order valence-corrected chi connectivity index (χ1v) is 8.05. The molecule has 108 valence electrons.